The monoisotopic (exact) mass is 300 g/mol. The van der Waals surface area contributed by atoms with Crippen LogP contribution in [0.2, 0.25) is 0 Å². The Labute approximate surface area is 122 Å². The standard InChI is InChI=1S/C14H24N2O3S/c1-11-6-7-13(10-14(11)16(3)4)20(17,18)15-12(2)8-9-19-5/h6-7,10,12,15H,8-9H2,1-5H3/t12-/m1/s1. The Hall–Kier alpha value is -1.11. The Morgan fingerprint density at radius 1 is 1.35 bits per heavy atom. The Morgan fingerprint density at radius 3 is 2.55 bits per heavy atom. The van der Waals surface area contributed by atoms with E-state index in [4.69, 9.17) is 4.74 Å². The molecular weight excluding hydrogens is 276 g/mol. The average molecular weight is 300 g/mol. The molecule has 1 N–H and O–H groups in total. The number of methoxy groups -OCH3 is 1. The highest BCUT2D eigenvalue weighted by Crippen LogP contribution is 2.22. The number of ether oxygens (including phenoxy) is 1. The molecule has 0 amide bonds. The summed E-state index contributed by atoms with van der Waals surface area (Å²) in [5, 5.41) is 0. The van der Waals surface area contributed by atoms with Crippen LogP contribution in [-0.4, -0.2) is 42.3 Å². The highest BCUT2D eigenvalue weighted by molar-refractivity contribution is 7.89. The van der Waals surface area contributed by atoms with Gasteiger partial charge in [0.25, 0.3) is 0 Å². The second kappa shape index (κ2) is 7.06. The van der Waals surface area contributed by atoms with E-state index in [1.54, 1.807) is 19.2 Å². The summed E-state index contributed by atoms with van der Waals surface area (Å²) in [7, 11) is 1.90. The van der Waals surface area contributed by atoms with E-state index in [1.807, 2.05) is 38.9 Å². The summed E-state index contributed by atoms with van der Waals surface area (Å²) in [4.78, 5) is 2.19. The Kier molecular flexibility index (Phi) is 5.98. The fraction of sp³-hybridized carbons (Fsp3) is 0.571. The Balaban J connectivity index is 2.95. The van der Waals surface area contributed by atoms with Crippen LogP contribution in [0.5, 0.6) is 0 Å². The first-order valence-electron chi connectivity index (χ1n) is 6.57. The summed E-state index contributed by atoms with van der Waals surface area (Å²) in [5.41, 5.74) is 1.94. The molecule has 6 heteroatoms. The van der Waals surface area contributed by atoms with E-state index < -0.39 is 10.0 Å². The Bertz CT molecular complexity index is 541. The minimum absolute atomic E-state index is 0.163. The van der Waals surface area contributed by atoms with E-state index in [0.29, 0.717) is 13.0 Å². The Morgan fingerprint density at radius 2 is 2.00 bits per heavy atom. The van der Waals surface area contributed by atoms with Crippen LogP contribution in [0.15, 0.2) is 23.1 Å². The molecule has 0 saturated heterocycles. The summed E-state index contributed by atoms with van der Waals surface area (Å²) in [6, 6.07) is 4.99. The van der Waals surface area contributed by atoms with Crippen molar-refractivity contribution in [3.05, 3.63) is 23.8 Å². The van der Waals surface area contributed by atoms with Gasteiger partial charge in [-0.15, -0.1) is 0 Å². The number of hydrogen-bond donors (Lipinski definition) is 1. The highest BCUT2D eigenvalue weighted by atomic mass is 32.2. The molecule has 0 aliphatic rings. The highest BCUT2D eigenvalue weighted by Gasteiger charge is 2.18. The maximum absolute atomic E-state index is 12.3. The third-order valence-corrected chi connectivity index (χ3v) is 4.67. The number of nitrogens with zero attached hydrogens (tertiary/aromatic N) is 1. The first-order chi connectivity index (χ1) is 9.27. The van der Waals surface area contributed by atoms with Crippen LogP contribution >= 0.6 is 0 Å². The van der Waals surface area contributed by atoms with Crippen LogP contribution in [0.3, 0.4) is 0 Å². The molecule has 0 heterocycles. The fourth-order valence-electron chi connectivity index (χ4n) is 1.92. The van der Waals surface area contributed by atoms with Crippen molar-refractivity contribution in [3.8, 4) is 0 Å². The van der Waals surface area contributed by atoms with Crippen molar-refractivity contribution >= 4 is 15.7 Å². The lowest BCUT2D eigenvalue weighted by molar-refractivity contribution is 0.188. The van der Waals surface area contributed by atoms with Crippen molar-refractivity contribution in [3.63, 3.8) is 0 Å². The molecule has 1 atom stereocenters. The molecule has 114 valence electrons. The topological polar surface area (TPSA) is 58.6 Å². The van der Waals surface area contributed by atoms with Crippen LogP contribution < -0.4 is 9.62 Å². The zero-order chi connectivity index (χ0) is 15.3. The molecule has 1 aromatic carbocycles. The van der Waals surface area contributed by atoms with E-state index >= 15 is 0 Å². The van der Waals surface area contributed by atoms with Crippen molar-refractivity contribution in [2.24, 2.45) is 0 Å². The third-order valence-electron chi connectivity index (χ3n) is 3.08. The molecule has 0 aliphatic carbocycles. The van der Waals surface area contributed by atoms with Gasteiger partial charge in [-0.05, 0) is 38.0 Å². The van der Waals surface area contributed by atoms with Gasteiger partial charge in [0.1, 0.15) is 0 Å². The van der Waals surface area contributed by atoms with Gasteiger partial charge in [0.15, 0.2) is 0 Å². The van der Waals surface area contributed by atoms with Gasteiger partial charge in [0, 0.05) is 39.5 Å². The minimum Gasteiger partial charge on any atom is -0.385 e. The average Bonchev–Trinajstić information content (AvgIpc) is 2.35. The number of benzene rings is 1. The molecule has 1 rings (SSSR count). The van der Waals surface area contributed by atoms with Gasteiger partial charge in [0.2, 0.25) is 10.0 Å². The fourth-order valence-corrected chi connectivity index (χ4v) is 3.22. The SMILES string of the molecule is COCC[C@@H](C)NS(=O)(=O)c1ccc(C)c(N(C)C)c1. The van der Waals surface area contributed by atoms with Gasteiger partial charge in [-0.25, -0.2) is 13.1 Å². The van der Waals surface area contributed by atoms with Gasteiger partial charge in [-0.1, -0.05) is 6.07 Å². The number of hydrogen-bond acceptors (Lipinski definition) is 4. The molecule has 5 nitrogen and oxygen atoms in total. The molecule has 0 radical (unpaired) electrons. The number of sulfonamides is 1. The van der Waals surface area contributed by atoms with Gasteiger partial charge in [-0.3, -0.25) is 0 Å². The first kappa shape index (κ1) is 16.9. The first-order valence-corrected chi connectivity index (χ1v) is 8.05. The normalized spacial score (nSPS) is 13.2. The van der Waals surface area contributed by atoms with Crippen molar-refractivity contribution < 1.29 is 13.2 Å². The molecule has 1 aromatic rings. The molecule has 0 unspecified atom stereocenters. The van der Waals surface area contributed by atoms with Crippen LogP contribution in [0.4, 0.5) is 5.69 Å². The van der Waals surface area contributed by atoms with Gasteiger partial charge >= 0.3 is 0 Å². The predicted octanol–water partition coefficient (Wildman–Crippen LogP) is 1.76. The second-order valence-corrected chi connectivity index (χ2v) is 6.86. The smallest absolute Gasteiger partial charge is 0.240 e. The molecular formula is C14H24N2O3S. The van der Waals surface area contributed by atoms with Crippen molar-refractivity contribution in [2.45, 2.75) is 31.2 Å². The number of nitrogens with one attached hydrogen (secondary N) is 1. The molecule has 0 saturated carbocycles. The summed E-state index contributed by atoms with van der Waals surface area (Å²) in [6.45, 7) is 4.32. The van der Waals surface area contributed by atoms with E-state index in [-0.39, 0.29) is 10.9 Å². The quantitative estimate of drug-likeness (QED) is 0.833. The maximum atomic E-state index is 12.3. The summed E-state index contributed by atoms with van der Waals surface area (Å²) in [6.07, 6.45) is 0.641. The molecule has 0 aliphatic heterocycles. The summed E-state index contributed by atoms with van der Waals surface area (Å²) in [5.74, 6) is 0. The van der Waals surface area contributed by atoms with Crippen LogP contribution in [-0.2, 0) is 14.8 Å². The minimum atomic E-state index is -3.49. The lowest BCUT2D eigenvalue weighted by Crippen LogP contribution is -2.33. The van der Waals surface area contributed by atoms with E-state index in [2.05, 4.69) is 4.72 Å². The van der Waals surface area contributed by atoms with Crippen LogP contribution in [0.1, 0.15) is 18.9 Å². The van der Waals surface area contributed by atoms with Crippen molar-refractivity contribution in [2.75, 3.05) is 32.7 Å². The van der Waals surface area contributed by atoms with Crippen molar-refractivity contribution in [1.82, 2.24) is 4.72 Å². The van der Waals surface area contributed by atoms with E-state index in [1.165, 1.54) is 0 Å². The molecule has 0 fully saturated rings. The predicted molar refractivity (Wildman–Crippen MR) is 81.8 cm³/mol. The zero-order valence-electron chi connectivity index (χ0n) is 12.8. The largest absolute Gasteiger partial charge is 0.385 e. The zero-order valence-corrected chi connectivity index (χ0v) is 13.6. The van der Waals surface area contributed by atoms with Gasteiger partial charge in [-0.2, -0.15) is 0 Å². The maximum Gasteiger partial charge on any atom is 0.240 e. The number of anilines is 1. The van der Waals surface area contributed by atoms with E-state index in [0.717, 1.165) is 11.3 Å². The summed E-state index contributed by atoms with van der Waals surface area (Å²) >= 11 is 0. The van der Waals surface area contributed by atoms with E-state index in [9.17, 15) is 8.42 Å². The summed E-state index contributed by atoms with van der Waals surface area (Å²) < 4.78 is 32.3. The third kappa shape index (κ3) is 4.47. The van der Waals surface area contributed by atoms with Crippen molar-refractivity contribution in [1.29, 1.82) is 0 Å². The van der Waals surface area contributed by atoms with Crippen LogP contribution in [0.25, 0.3) is 0 Å². The van der Waals surface area contributed by atoms with Gasteiger partial charge in [0.05, 0.1) is 4.90 Å². The molecule has 0 spiro atoms. The lowest BCUT2D eigenvalue weighted by Gasteiger charge is -2.18. The number of aryl methyl sites for hydroxylation is 1. The van der Waals surface area contributed by atoms with Crippen LogP contribution in [0, 0.1) is 6.92 Å². The number of rotatable bonds is 7. The molecule has 0 aromatic heterocycles. The molecule has 20 heavy (non-hydrogen) atoms. The second-order valence-electron chi connectivity index (χ2n) is 5.15. The molecule has 0 bridgehead atoms. The lowest BCUT2D eigenvalue weighted by atomic mass is 10.2. The van der Waals surface area contributed by atoms with Gasteiger partial charge < -0.3 is 9.64 Å².